The predicted octanol–water partition coefficient (Wildman–Crippen LogP) is 5.76. The number of aromatic nitrogens is 3. The van der Waals surface area contributed by atoms with Gasteiger partial charge in [-0.1, -0.05) is 6.42 Å². The maximum absolute atomic E-state index is 14.1. The van der Waals surface area contributed by atoms with Crippen molar-refractivity contribution in [2.75, 3.05) is 20.3 Å². The van der Waals surface area contributed by atoms with Crippen molar-refractivity contribution in [3.8, 4) is 28.0 Å². The third-order valence-corrected chi connectivity index (χ3v) is 8.13. The Morgan fingerprint density at radius 3 is 2.58 bits per heavy atom. The molecule has 0 saturated heterocycles. The van der Waals surface area contributed by atoms with Crippen LogP contribution in [0, 0.1) is 12.3 Å². The third-order valence-electron chi connectivity index (χ3n) is 7.04. The minimum absolute atomic E-state index is 0.0958. The lowest BCUT2D eigenvalue weighted by molar-refractivity contribution is -0.284. The van der Waals surface area contributed by atoms with E-state index in [4.69, 9.17) is 19.2 Å². The van der Waals surface area contributed by atoms with E-state index in [1.807, 2.05) is 19.1 Å². The lowest BCUT2D eigenvalue weighted by Crippen LogP contribution is -2.48. The Bertz CT molecular complexity index is 1500. The number of aryl methyl sites for hydroxylation is 1. The highest BCUT2D eigenvalue weighted by molar-refractivity contribution is 7.22. The molecule has 7 nitrogen and oxygen atoms in total. The van der Waals surface area contributed by atoms with Gasteiger partial charge >= 0.3 is 6.18 Å². The van der Waals surface area contributed by atoms with Gasteiger partial charge in [0.15, 0.2) is 11.5 Å². The van der Waals surface area contributed by atoms with Gasteiger partial charge in [0, 0.05) is 11.1 Å². The van der Waals surface area contributed by atoms with Crippen LogP contribution in [-0.2, 0) is 0 Å². The molecular formula is C25H22F3N3O4S. The van der Waals surface area contributed by atoms with Crippen molar-refractivity contribution >= 4 is 32.6 Å². The normalized spacial score (nSPS) is 17.7. The standard InChI is InChI=1S/C25H22F3N3O4S/c1-12-8-14(18-15(9-12)30-17(33-2)11-29-18)23-31-19-13(22(32)24(4-3-5-24)25(26,27)28)10-16-20(21(19)36-23)35-7-6-34-16/h8-11,22,32H,3-7H2,1-2H3. The largest absolute Gasteiger partial charge is 0.486 e. The van der Waals surface area contributed by atoms with E-state index in [9.17, 15) is 18.3 Å². The number of alkyl halides is 3. The number of fused-ring (bicyclic) bond motifs is 4. The Morgan fingerprint density at radius 1 is 1.11 bits per heavy atom. The number of aliphatic hydroxyl groups excluding tert-OH is 1. The van der Waals surface area contributed by atoms with E-state index in [0.29, 0.717) is 56.7 Å². The maximum atomic E-state index is 14.1. The summed E-state index contributed by atoms with van der Waals surface area (Å²) in [6, 6.07) is 5.24. The molecule has 2 aromatic carbocycles. The summed E-state index contributed by atoms with van der Waals surface area (Å²) in [6.07, 6.45) is -4.69. The summed E-state index contributed by atoms with van der Waals surface area (Å²) < 4.78 is 59.7. The average molecular weight is 518 g/mol. The number of hydrogen-bond acceptors (Lipinski definition) is 8. The van der Waals surface area contributed by atoms with Crippen LogP contribution in [0.3, 0.4) is 0 Å². The molecule has 1 fully saturated rings. The van der Waals surface area contributed by atoms with Gasteiger partial charge in [0.2, 0.25) is 5.88 Å². The van der Waals surface area contributed by atoms with Crippen LogP contribution in [0.5, 0.6) is 17.4 Å². The van der Waals surface area contributed by atoms with E-state index in [1.165, 1.54) is 30.7 Å². The molecule has 1 aliphatic heterocycles. The summed E-state index contributed by atoms with van der Waals surface area (Å²) in [5.41, 5.74) is 0.950. The molecule has 0 spiro atoms. The molecule has 6 rings (SSSR count). The quantitative estimate of drug-likeness (QED) is 0.368. The summed E-state index contributed by atoms with van der Waals surface area (Å²) in [5.74, 6) is 1.11. The zero-order chi connectivity index (χ0) is 25.2. The number of halogens is 3. The van der Waals surface area contributed by atoms with E-state index >= 15 is 0 Å². The van der Waals surface area contributed by atoms with Gasteiger partial charge in [-0.15, -0.1) is 11.3 Å². The van der Waals surface area contributed by atoms with Crippen molar-refractivity contribution in [3.05, 3.63) is 35.5 Å². The average Bonchev–Trinajstić information content (AvgIpc) is 3.26. The predicted molar refractivity (Wildman–Crippen MR) is 128 cm³/mol. The molecule has 1 N–H and O–H groups in total. The monoisotopic (exact) mass is 517 g/mol. The molecule has 1 saturated carbocycles. The number of thiazole rings is 1. The molecule has 3 heterocycles. The molecule has 1 aliphatic carbocycles. The number of nitrogens with zero attached hydrogens (tertiary/aromatic N) is 3. The lowest BCUT2D eigenvalue weighted by Gasteiger charge is -2.46. The van der Waals surface area contributed by atoms with E-state index in [2.05, 4.69) is 9.97 Å². The minimum atomic E-state index is -4.55. The van der Waals surface area contributed by atoms with Crippen LogP contribution in [0.4, 0.5) is 13.2 Å². The minimum Gasteiger partial charge on any atom is -0.486 e. The topological polar surface area (TPSA) is 86.6 Å². The molecular weight excluding hydrogens is 495 g/mol. The summed E-state index contributed by atoms with van der Waals surface area (Å²) in [6.45, 7) is 2.49. The first-order chi connectivity index (χ1) is 17.2. The highest BCUT2D eigenvalue weighted by Gasteiger charge is 2.63. The number of hydrogen-bond donors (Lipinski definition) is 1. The fourth-order valence-corrected chi connectivity index (χ4v) is 6.10. The number of rotatable bonds is 4. The highest BCUT2D eigenvalue weighted by atomic mass is 32.1. The summed E-state index contributed by atoms with van der Waals surface area (Å²) in [5, 5.41) is 11.7. The Hall–Kier alpha value is -3.18. The molecule has 1 atom stereocenters. The molecule has 11 heteroatoms. The van der Waals surface area contributed by atoms with Crippen LogP contribution in [0.25, 0.3) is 31.8 Å². The molecule has 0 radical (unpaired) electrons. The molecule has 2 aliphatic rings. The van der Waals surface area contributed by atoms with Gasteiger partial charge in [0.05, 0.1) is 41.4 Å². The first-order valence-electron chi connectivity index (χ1n) is 11.5. The third kappa shape index (κ3) is 3.40. The fourth-order valence-electron chi connectivity index (χ4n) is 5.00. The van der Waals surface area contributed by atoms with Crippen LogP contribution < -0.4 is 14.2 Å². The Morgan fingerprint density at radius 2 is 1.89 bits per heavy atom. The molecule has 2 aromatic heterocycles. The van der Waals surface area contributed by atoms with E-state index < -0.39 is 17.7 Å². The number of methoxy groups -OCH3 is 1. The molecule has 0 bridgehead atoms. The van der Waals surface area contributed by atoms with Crippen LogP contribution in [-0.4, -0.2) is 46.6 Å². The smallest absolute Gasteiger partial charge is 0.397 e. The van der Waals surface area contributed by atoms with Crippen molar-refractivity contribution in [2.45, 2.75) is 38.5 Å². The summed E-state index contributed by atoms with van der Waals surface area (Å²) in [7, 11) is 1.51. The highest BCUT2D eigenvalue weighted by Crippen LogP contribution is 2.61. The van der Waals surface area contributed by atoms with Crippen molar-refractivity contribution in [3.63, 3.8) is 0 Å². The molecule has 36 heavy (non-hydrogen) atoms. The van der Waals surface area contributed by atoms with Gasteiger partial charge in [0.25, 0.3) is 0 Å². The second-order valence-corrected chi connectivity index (χ2v) is 10.2. The van der Waals surface area contributed by atoms with Crippen molar-refractivity contribution in [2.24, 2.45) is 5.41 Å². The Labute approximate surface area is 207 Å². The van der Waals surface area contributed by atoms with Crippen molar-refractivity contribution < 1.29 is 32.5 Å². The number of aliphatic hydroxyl groups is 1. The van der Waals surface area contributed by atoms with Crippen LogP contribution in [0.1, 0.15) is 36.5 Å². The van der Waals surface area contributed by atoms with Gasteiger partial charge in [-0.25, -0.2) is 15.0 Å². The van der Waals surface area contributed by atoms with Gasteiger partial charge in [0.1, 0.15) is 22.9 Å². The van der Waals surface area contributed by atoms with Crippen LogP contribution in [0.15, 0.2) is 24.4 Å². The lowest BCUT2D eigenvalue weighted by atomic mass is 9.63. The Balaban J connectivity index is 1.59. The summed E-state index contributed by atoms with van der Waals surface area (Å²) >= 11 is 1.27. The molecule has 1 unspecified atom stereocenters. The first-order valence-corrected chi connectivity index (χ1v) is 12.3. The van der Waals surface area contributed by atoms with Gasteiger partial charge in [-0.2, -0.15) is 13.2 Å². The van der Waals surface area contributed by atoms with Gasteiger partial charge in [-0.05, 0) is 43.5 Å². The number of ether oxygens (including phenoxy) is 3. The van der Waals surface area contributed by atoms with Gasteiger partial charge in [-0.3, -0.25) is 0 Å². The second-order valence-electron chi connectivity index (χ2n) is 9.19. The summed E-state index contributed by atoms with van der Waals surface area (Å²) in [4.78, 5) is 13.7. The zero-order valence-corrected chi connectivity index (χ0v) is 20.3. The Kier molecular flexibility index (Phi) is 5.27. The van der Waals surface area contributed by atoms with E-state index in [-0.39, 0.29) is 30.5 Å². The molecule has 4 aromatic rings. The van der Waals surface area contributed by atoms with Crippen LogP contribution in [0.2, 0.25) is 0 Å². The SMILES string of the molecule is COc1cnc2c(-c3nc4c(C(O)C5(C(F)(F)F)CCC5)cc5c(c4s3)OCCO5)cc(C)cc2n1. The van der Waals surface area contributed by atoms with Gasteiger partial charge < -0.3 is 19.3 Å². The van der Waals surface area contributed by atoms with Crippen LogP contribution >= 0.6 is 11.3 Å². The molecule has 188 valence electrons. The first kappa shape index (κ1) is 23.2. The van der Waals surface area contributed by atoms with Crippen molar-refractivity contribution in [1.82, 2.24) is 15.0 Å². The zero-order valence-electron chi connectivity index (χ0n) is 19.5. The second kappa shape index (κ2) is 8.17. The maximum Gasteiger partial charge on any atom is 0.397 e. The van der Waals surface area contributed by atoms with Crippen molar-refractivity contribution in [1.29, 1.82) is 0 Å². The van der Waals surface area contributed by atoms with E-state index in [1.54, 1.807) is 0 Å². The fraction of sp³-hybridized carbons (Fsp3) is 0.400. The number of benzene rings is 2. The van der Waals surface area contributed by atoms with E-state index in [0.717, 1.165) is 5.56 Å². The molecule has 0 amide bonds.